The van der Waals surface area contributed by atoms with E-state index < -0.39 is 0 Å². The molecule has 141 valence electrons. The van der Waals surface area contributed by atoms with Gasteiger partial charge in [0.1, 0.15) is 0 Å². The largest absolute Gasteiger partial charge is 0.0622 e. The highest BCUT2D eigenvalue weighted by molar-refractivity contribution is 5.76. The first-order valence-electron chi connectivity index (χ1n) is 10.2. The van der Waals surface area contributed by atoms with E-state index in [4.69, 9.17) is 0 Å². The van der Waals surface area contributed by atoms with E-state index in [0.29, 0.717) is 0 Å². The molecule has 0 bridgehead atoms. The SMILES string of the molecule is [c]1cc(-c2ccc(-c3ccccc3)cc2)cc(-c2ccc(-c3ccccc3)cc2)c1. The molecular formula is C30H21. The molecule has 30 heavy (non-hydrogen) atoms. The Kier molecular flexibility index (Phi) is 4.98. The minimum absolute atomic E-state index is 1.18. The van der Waals surface area contributed by atoms with Crippen molar-refractivity contribution in [1.29, 1.82) is 0 Å². The van der Waals surface area contributed by atoms with E-state index in [9.17, 15) is 0 Å². The molecule has 0 amide bonds. The van der Waals surface area contributed by atoms with Crippen molar-refractivity contribution in [2.75, 3.05) is 0 Å². The molecule has 0 heteroatoms. The minimum atomic E-state index is 1.18. The zero-order chi connectivity index (χ0) is 20.2. The quantitative estimate of drug-likeness (QED) is 0.294. The highest BCUT2D eigenvalue weighted by Crippen LogP contribution is 2.29. The molecule has 0 aromatic heterocycles. The minimum Gasteiger partial charge on any atom is -0.0622 e. The Balaban J connectivity index is 1.42. The van der Waals surface area contributed by atoms with Gasteiger partial charge in [-0.05, 0) is 68.8 Å². The zero-order valence-electron chi connectivity index (χ0n) is 16.6. The first kappa shape index (κ1) is 18.1. The van der Waals surface area contributed by atoms with E-state index in [-0.39, 0.29) is 0 Å². The lowest BCUT2D eigenvalue weighted by atomic mass is 9.96. The summed E-state index contributed by atoms with van der Waals surface area (Å²) in [7, 11) is 0. The van der Waals surface area contributed by atoms with Gasteiger partial charge < -0.3 is 0 Å². The van der Waals surface area contributed by atoms with Crippen LogP contribution in [0, 0.1) is 6.07 Å². The molecule has 0 heterocycles. The van der Waals surface area contributed by atoms with Crippen molar-refractivity contribution in [2.45, 2.75) is 0 Å². The Morgan fingerprint density at radius 2 is 0.600 bits per heavy atom. The Morgan fingerprint density at radius 3 is 0.967 bits per heavy atom. The molecule has 0 spiro atoms. The predicted molar refractivity (Wildman–Crippen MR) is 127 cm³/mol. The van der Waals surface area contributed by atoms with Crippen molar-refractivity contribution in [3.8, 4) is 44.5 Å². The standard InChI is InChI=1S/C30H21/c1-3-8-23(9-4-1)25-14-18-27(19-15-25)29-12-7-13-30(22-29)28-20-16-26(17-21-28)24-10-5-2-6-11-24/h1-6,8-22H. The Bertz CT molecular complexity index is 1140. The van der Waals surface area contributed by atoms with Gasteiger partial charge in [-0.25, -0.2) is 0 Å². The second-order valence-electron chi connectivity index (χ2n) is 7.40. The number of rotatable bonds is 4. The van der Waals surface area contributed by atoms with Crippen molar-refractivity contribution < 1.29 is 0 Å². The van der Waals surface area contributed by atoms with Gasteiger partial charge in [-0.15, -0.1) is 0 Å². The average Bonchev–Trinajstić information content (AvgIpc) is 2.85. The van der Waals surface area contributed by atoms with Crippen LogP contribution in [0.3, 0.4) is 0 Å². The maximum absolute atomic E-state index is 3.32. The van der Waals surface area contributed by atoms with Gasteiger partial charge in [0.15, 0.2) is 0 Å². The number of benzene rings is 5. The highest BCUT2D eigenvalue weighted by Gasteiger charge is 2.04. The molecule has 1 radical (unpaired) electrons. The van der Waals surface area contributed by atoms with Gasteiger partial charge >= 0.3 is 0 Å². The van der Waals surface area contributed by atoms with E-state index in [1.54, 1.807) is 0 Å². The normalized spacial score (nSPS) is 10.7. The van der Waals surface area contributed by atoms with Crippen LogP contribution in [0.25, 0.3) is 44.5 Å². The van der Waals surface area contributed by atoms with E-state index in [2.05, 4.69) is 121 Å². The molecule has 5 rings (SSSR count). The number of hydrogen-bond donors (Lipinski definition) is 0. The first-order chi connectivity index (χ1) is 14.9. The average molecular weight is 381 g/mol. The molecule has 0 nitrogen and oxygen atoms in total. The van der Waals surface area contributed by atoms with Crippen LogP contribution in [-0.2, 0) is 0 Å². The lowest BCUT2D eigenvalue weighted by molar-refractivity contribution is 1.56. The van der Waals surface area contributed by atoms with E-state index >= 15 is 0 Å². The lowest BCUT2D eigenvalue weighted by Crippen LogP contribution is -1.84. The second-order valence-corrected chi connectivity index (χ2v) is 7.40. The fraction of sp³-hybridized carbons (Fsp3) is 0. The van der Waals surface area contributed by atoms with E-state index in [0.717, 1.165) is 0 Å². The summed E-state index contributed by atoms with van der Waals surface area (Å²) in [5.41, 5.74) is 9.71. The monoisotopic (exact) mass is 381 g/mol. The van der Waals surface area contributed by atoms with Crippen molar-refractivity contribution in [3.63, 3.8) is 0 Å². The van der Waals surface area contributed by atoms with Gasteiger partial charge in [0.05, 0.1) is 0 Å². The van der Waals surface area contributed by atoms with Gasteiger partial charge in [-0.2, -0.15) is 0 Å². The molecule has 5 aromatic rings. The summed E-state index contributed by atoms with van der Waals surface area (Å²) < 4.78 is 0. The summed E-state index contributed by atoms with van der Waals surface area (Å²) >= 11 is 0. The molecular weight excluding hydrogens is 360 g/mol. The third kappa shape index (κ3) is 3.81. The van der Waals surface area contributed by atoms with Crippen LogP contribution < -0.4 is 0 Å². The van der Waals surface area contributed by atoms with E-state index in [1.165, 1.54) is 44.5 Å². The van der Waals surface area contributed by atoms with Crippen LogP contribution in [-0.4, -0.2) is 0 Å². The summed E-state index contributed by atoms with van der Waals surface area (Å²) in [6.07, 6.45) is 0. The van der Waals surface area contributed by atoms with Crippen LogP contribution >= 0.6 is 0 Å². The molecule has 0 saturated carbocycles. The van der Waals surface area contributed by atoms with Crippen molar-refractivity contribution in [3.05, 3.63) is 133 Å². The molecule has 0 aliphatic rings. The van der Waals surface area contributed by atoms with Crippen LogP contribution in [0.1, 0.15) is 0 Å². The Labute approximate surface area is 178 Å². The van der Waals surface area contributed by atoms with Gasteiger partial charge in [0, 0.05) is 0 Å². The van der Waals surface area contributed by atoms with Crippen molar-refractivity contribution in [2.24, 2.45) is 0 Å². The van der Waals surface area contributed by atoms with Crippen LogP contribution in [0.5, 0.6) is 0 Å². The second kappa shape index (κ2) is 8.23. The van der Waals surface area contributed by atoms with Crippen LogP contribution in [0.4, 0.5) is 0 Å². The molecule has 0 saturated heterocycles. The fourth-order valence-corrected chi connectivity index (χ4v) is 3.78. The molecule has 5 aromatic carbocycles. The molecule has 0 atom stereocenters. The molecule has 0 N–H and O–H groups in total. The maximum Gasteiger partial charge on any atom is -0.0171 e. The summed E-state index contributed by atoms with van der Waals surface area (Å²) in [4.78, 5) is 0. The first-order valence-corrected chi connectivity index (χ1v) is 10.2. The van der Waals surface area contributed by atoms with Gasteiger partial charge in [0.2, 0.25) is 0 Å². The predicted octanol–water partition coefficient (Wildman–Crippen LogP) is 8.15. The smallest absolute Gasteiger partial charge is 0.0171 e. The van der Waals surface area contributed by atoms with E-state index in [1.807, 2.05) is 12.1 Å². The van der Waals surface area contributed by atoms with Crippen molar-refractivity contribution in [1.82, 2.24) is 0 Å². The summed E-state index contributed by atoms with van der Waals surface area (Å²) in [5, 5.41) is 0. The lowest BCUT2D eigenvalue weighted by Gasteiger charge is -2.08. The molecule has 0 fully saturated rings. The summed E-state index contributed by atoms with van der Waals surface area (Å²) in [6.45, 7) is 0. The third-order valence-corrected chi connectivity index (χ3v) is 5.44. The molecule has 0 unspecified atom stereocenters. The van der Waals surface area contributed by atoms with Crippen LogP contribution in [0.15, 0.2) is 127 Å². The zero-order valence-corrected chi connectivity index (χ0v) is 16.6. The summed E-state index contributed by atoms with van der Waals surface area (Å²) in [5.74, 6) is 0. The Morgan fingerprint density at radius 1 is 0.300 bits per heavy atom. The van der Waals surface area contributed by atoms with Crippen molar-refractivity contribution >= 4 is 0 Å². The third-order valence-electron chi connectivity index (χ3n) is 5.44. The number of hydrogen-bond acceptors (Lipinski definition) is 0. The van der Waals surface area contributed by atoms with Gasteiger partial charge in [0.25, 0.3) is 0 Å². The topological polar surface area (TPSA) is 0 Å². The molecule has 0 aliphatic heterocycles. The summed E-state index contributed by atoms with van der Waals surface area (Å²) in [6, 6.07) is 48.1. The fourth-order valence-electron chi connectivity index (χ4n) is 3.78. The van der Waals surface area contributed by atoms with Crippen LogP contribution in [0.2, 0.25) is 0 Å². The van der Waals surface area contributed by atoms with Gasteiger partial charge in [-0.3, -0.25) is 0 Å². The Hall–Kier alpha value is -3.90. The highest BCUT2D eigenvalue weighted by atomic mass is 14.1. The maximum atomic E-state index is 3.32. The molecule has 0 aliphatic carbocycles. The van der Waals surface area contributed by atoms with Gasteiger partial charge in [-0.1, -0.05) is 109 Å².